The minimum absolute atomic E-state index is 0.476. The maximum atomic E-state index is 8.83. The van der Waals surface area contributed by atoms with Crippen LogP contribution in [0.2, 0.25) is 0 Å². The summed E-state index contributed by atoms with van der Waals surface area (Å²) >= 11 is 0. The Hall–Kier alpha value is -1.34. The highest BCUT2D eigenvalue weighted by Crippen LogP contribution is 2.25. The number of rotatable bonds is 2. The predicted molar refractivity (Wildman–Crippen MR) is 66.8 cm³/mol. The second kappa shape index (κ2) is 4.89. The summed E-state index contributed by atoms with van der Waals surface area (Å²) in [6, 6.07) is 2.74. The molecule has 0 atom stereocenters. The van der Waals surface area contributed by atoms with Crippen LogP contribution < -0.4 is 0 Å². The zero-order valence-electron chi connectivity index (χ0n) is 10.9. The SMILES string of the molecule is Cc1nn(C2CCN(C)CC2)c(C)c1CC#N. The fourth-order valence-electron chi connectivity index (χ4n) is 2.63. The summed E-state index contributed by atoms with van der Waals surface area (Å²) in [4.78, 5) is 2.36. The Morgan fingerprint density at radius 1 is 1.35 bits per heavy atom. The second-order valence-corrected chi connectivity index (χ2v) is 4.96. The molecule has 0 aliphatic carbocycles. The van der Waals surface area contributed by atoms with Gasteiger partial charge in [0.25, 0.3) is 0 Å². The Morgan fingerprint density at radius 3 is 2.59 bits per heavy atom. The lowest BCUT2D eigenvalue weighted by Crippen LogP contribution is -2.32. The molecule has 0 radical (unpaired) electrons. The van der Waals surface area contributed by atoms with Gasteiger partial charge in [-0.2, -0.15) is 10.4 Å². The van der Waals surface area contributed by atoms with E-state index in [1.165, 1.54) is 5.69 Å². The number of piperidine rings is 1. The van der Waals surface area contributed by atoms with E-state index in [-0.39, 0.29) is 0 Å². The molecule has 0 spiro atoms. The van der Waals surface area contributed by atoms with E-state index in [4.69, 9.17) is 5.26 Å². The summed E-state index contributed by atoms with van der Waals surface area (Å²) in [6.07, 6.45) is 2.79. The summed E-state index contributed by atoms with van der Waals surface area (Å²) in [7, 11) is 2.17. The number of hydrogen-bond donors (Lipinski definition) is 0. The van der Waals surface area contributed by atoms with Gasteiger partial charge in [-0.05, 0) is 46.8 Å². The molecule has 1 aromatic rings. The zero-order valence-corrected chi connectivity index (χ0v) is 10.9. The highest BCUT2D eigenvalue weighted by Gasteiger charge is 2.22. The number of nitriles is 1. The van der Waals surface area contributed by atoms with E-state index in [1.54, 1.807) is 0 Å². The monoisotopic (exact) mass is 232 g/mol. The van der Waals surface area contributed by atoms with E-state index < -0.39 is 0 Å². The molecule has 1 aromatic heterocycles. The van der Waals surface area contributed by atoms with Crippen LogP contribution in [0.3, 0.4) is 0 Å². The molecule has 2 rings (SSSR count). The summed E-state index contributed by atoms with van der Waals surface area (Å²) in [5.74, 6) is 0. The number of nitrogens with zero attached hydrogens (tertiary/aromatic N) is 4. The van der Waals surface area contributed by atoms with E-state index >= 15 is 0 Å². The van der Waals surface area contributed by atoms with Crippen LogP contribution in [0.25, 0.3) is 0 Å². The third-order valence-electron chi connectivity index (χ3n) is 3.76. The molecular formula is C13H20N4. The van der Waals surface area contributed by atoms with Crippen LogP contribution in [-0.4, -0.2) is 34.8 Å². The molecule has 1 saturated heterocycles. The molecule has 0 N–H and O–H groups in total. The minimum Gasteiger partial charge on any atom is -0.306 e. The van der Waals surface area contributed by atoms with Crippen LogP contribution in [0, 0.1) is 25.2 Å². The van der Waals surface area contributed by atoms with Crippen molar-refractivity contribution in [1.29, 1.82) is 5.26 Å². The molecule has 92 valence electrons. The van der Waals surface area contributed by atoms with Crippen LogP contribution in [0.15, 0.2) is 0 Å². The number of likely N-dealkylation sites (tertiary alicyclic amines) is 1. The number of hydrogen-bond acceptors (Lipinski definition) is 3. The average Bonchev–Trinajstić information content (AvgIpc) is 2.59. The van der Waals surface area contributed by atoms with Crippen molar-refractivity contribution in [3.63, 3.8) is 0 Å². The van der Waals surface area contributed by atoms with Crippen LogP contribution in [0.4, 0.5) is 0 Å². The summed E-state index contributed by atoms with van der Waals surface area (Å²) in [5, 5.41) is 13.5. The first-order valence-electron chi connectivity index (χ1n) is 6.23. The summed E-state index contributed by atoms with van der Waals surface area (Å²) in [5.41, 5.74) is 3.31. The Morgan fingerprint density at radius 2 is 2.00 bits per heavy atom. The van der Waals surface area contributed by atoms with Crippen LogP contribution >= 0.6 is 0 Å². The Labute approximate surface area is 103 Å². The molecule has 1 fully saturated rings. The van der Waals surface area contributed by atoms with Gasteiger partial charge in [0.15, 0.2) is 0 Å². The van der Waals surface area contributed by atoms with Gasteiger partial charge in [-0.25, -0.2) is 0 Å². The van der Waals surface area contributed by atoms with Crippen molar-refractivity contribution in [3.8, 4) is 6.07 Å². The Balaban J connectivity index is 2.22. The van der Waals surface area contributed by atoms with E-state index in [0.717, 1.165) is 37.2 Å². The van der Waals surface area contributed by atoms with Crippen LogP contribution in [0.5, 0.6) is 0 Å². The molecule has 0 amide bonds. The molecule has 4 heteroatoms. The molecule has 2 heterocycles. The second-order valence-electron chi connectivity index (χ2n) is 4.96. The lowest BCUT2D eigenvalue weighted by atomic mass is 10.0. The minimum atomic E-state index is 0.476. The van der Waals surface area contributed by atoms with Crippen molar-refractivity contribution in [2.24, 2.45) is 0 Å². The zero-order chi connectivity index (χ0) is 12.4. The first-order valence-corrected chi connectivity index (χ1v) is 6.23. The molecule has 0 aromatic carbocycles. The third kappa shape index (κ3) is 2.34. The lowest BCUT2D eigenvalue weighted by molar-refractivity contribution is 0.210. The fourth-order valence-corrected chi connectivity index (χ4v) is 2.63. The van der Waals surface area contributed by atoms with Crippen molar-refractivity contribution in [2.75, 3.05) is 20.1 Å². The Kier molecular flexibility index (Phi) is 3.49. The van der Waals surface area contributed by atoms with Crippen LogP contribution in [-0.2, 0) is 6.42 Å². The third-order valence-corrected chi connectivity index (χ3v) is 3.76. The average molecular weight is 232 g/mol. The molecular weight excluding hydrogens is 212 g/mol. The largest absolute Gasteiger partial charge is 0.306 e. The molecule has 0 unspecified atom stereocenters. The highest BCUT2D eigenvalue weighted by atomic mass is 15.3. The maximum absolute atomic E-state index is 8.83. The van der Waals surface area contributed by atoms with Crippen molar-refractivity contribution in [3.05, 3.63) is 17.0 Å². The first-order chi connectivity index (χ1) is 8.13. The molecule has 0 bridgehead atoms. The van der Waals surface area contributed by atoms with E-state index in [9.17, 15) is 0 Å². The van der Waals surface area contributed by atoms with Gasteiger partial charge >= 0.3 is 0 Å². The van der Waals surface area contributed by atoms with Gasteiger partial charge in [-0.15, -0.1) is 0 Å². The predicted octanol–water partition coefficient (Wildman–Crippen LogP) is 1.83. The first kappa shape index (κ1) is 12.1. The van der Waals surface area contributed by atoms with Gasteiger partial charge in [-0.1, -0.05) is 0 Å². The smallest absolute Gasteiger partial charge is 0.0671 e. The molecule has 4 nitrogen and oxygen atoms in total. The van der Waals surface area contributed by atoms with Gasteiger partial charge in [-0.3, -0.25) is 4.68 Å². The van der Waals surface area contributed by atoms with E-state index in [1.807, 2.05) is 6.92 Å². The van der Waals surface area contributed by atoms with Gasteiger partial charge in [0.1, 0.15) is 0 Å². The van der Waals surface area contributed by atoms with Gasteiger partial charge in [0.2, 0.25) is 0 Å². The van der Waals surface area contributed by atoms with E-state index in [2.05, 4.69) is 34.7 Å². The maximum Gasteiger partial charge on any atom is 0.0671 e. The number of aromatic nitrogens is 2. The molecule has 0 saturated carbocycles. The molecule has 17 heavy (non-hydrogen) atoms. The van der Waals surface area contributed by atoms with Crippen molar-refractivity contribution >= 4 is 0 Å². The normalized spacial score (nSPS) is 18.2. The standard InChI is InChI=1S/C13H20N4/c1-10-13(4-7-14)11(2)17(15-10)12-5-8-16(3)9-6-12/h12H,4-6,8-9H2,1-3H3. The van der Waals surface area contributed by atoms with Crippen LogP contribution in [0.1, 0.15) is 35.8 Å². The Bertz CT molecular complexity index is 433. The quantitative estimate of drug-likeness (QED) is 0.781. The van der Waals surface area contributed by atoms with Crippen molar-refractivity contribution in [1.82, 2.24) is 14.7 Å². The molecule has 1 aliphatic rings. The topological polar surface area (TPSA) is 44.9 Å². The van der Waals surface area contributed by atoms with Gasteiger partial charge in [0.05, 0.1) is 24.2 Å². The lowest BCUT2D eigenvalue weighted by Gasteiger charge is -2.29. The van der Waals surface area contributed by atoms with Crippen molar-refractivity contribution in [2.45, 2.75) is 39.2 Å². The number of aryl methyl sites for hydroxylation is 1. The summed E-state index contributed by atoms with van der Waals surface area (Å²) < 4.78 is 2.15. The van der Waals surface area contributed by atoms with Gasteiger partial charge in [0, 0.05) is 11.3 Å². The fraction of sp³-hybridized carbons (Fsp3) is 0.692. The van der Waals surface area contributed by atoms with Gasteiger partial charge < -0.3 is 4.90 Å². The summed E-state index contributed by atoms with van der Waals surface area (Å²) in [6.45, 7) is 6.36. The van der Waals surface area contributed by atoms with Crippen molar-refractivity contribution < 1.29 is 0 Å². The highest BCUT2D eigenvalue weighted by molar-refractivity contribution is 5.27. The molecule has 1 aliphatic heterocycles. The van der Waals surface area contributed by atoms with E-state index in [0.29, 0.717) is 12.5 Å².